The van der Waals surface area contributed by atoms with Gasteiger partial charge in [0.05, 0.1) is 12.0 Å². The van der Waals surface area contributed by atoms with Crippen molar-refractivity contribution < 1.29 is 22.7 Å². The maximum atomic E-state index is 12.8. The summed E-state index contributed by atoms with van der Waals surface area (Å²) in [5.41, 5.74) is 0.603. The molecule has 0 spiro atoms. The number of rotatable bonds is 7. The van der Waals surface area contributed by atoms with Crippen LogP contribution in [0.3, 0.4) is 0 Å². The van der Waals surface area contributed by atoms with Gasteiger partial charge in [-0.1, -0.05) is 17.7 Å². The lowest BCUT2D eigenvalue weighted by Crippen LogP contribution is -2.50. The Morgan fingerprint density at radius 3 is 2.38 bits per heavy atom. The minimum Gasteiger partial charge on any atom is -0.497 e. The highest BCUT2D eigenvalue weighted by Gasteiger charge is 2.30. The van der Waals surface area contributed by atoms with Crippen molar-refractivity contribution in [1.29, 1.82) is 0 Å². The van der Waals surface area contributed by atoms with Crippen LogP contribution in [-0.2, 0) is 14.8 Å². The number of hydrogen-bond donors (Lipinski definition) is 2. The number of benzene rings is 2. The molecular weight excluding hydrogens is 456 g/mol. The maximum absolute atomic E-state index is 12.8. The first-order valence-corrected chi connectivity index (χ1v) is 11.8. The molecule has 172 valence electrons. The molecular formula is C21H25ClN4O5S. The fraction of sp³-hybridized carbons (Fsp3) is 0.333. The van der Waals surface area contributed by atoms with E-state index in [0.29, 0.717) is 16.5 Å². The largest absolute Gasteiger partial charge is 0.497 e. The number of methoxy groups -OCH3 is 1. The standard InChI is InChI=1S/C21H25ClN4O5S/c1-31-18-7-5-17(6-8-18)24-21(28)23-10-9-20(27)25-11-13-26(14-12-25)32(29,30)19-4-2-3-16(22)15-19/h2-8,15H,9-14H2,1H3,(H2,23,24,28). The normalized spacial score (nSPS) is 14.6. The van der Waals surface area contributed by atoms with E-state index in [9.17, 15) is 18.0 Å². The topological polar surface area (TPSA) is 108 Å². The summed E-state index contributed by atoms with van der Waals surface area (Å²) >= 11 is 5.91. The number of halogens is 1. The van der Waals surface area contributed by atoms with E-state index in [1.807, 2.05) is 0 Å². The Morgan fingerprint density at radius 1 is 1.06 bits per heavy atom. The Balaban J connectivity index is 1.42. The van der Waals surface area contributed by atoms with Crippen LogP contribution in [0.1, 0.15) is 6.42 Å². The first-order chi connectivity index (χ1) is 15.3. The lowest BCUT2D eigenvalue weighted by molar-refractivity contribution is -0.132. The summed E-state index contributed by atoms with van der Waals surface area (Å²) in [7, 11) is -2.10. The number of amides is 3. The van der Waals surface area contributed by atoms with Gasteiger partial charge in [-0.15, -0.1) is 0 Å². The van der Waals surface area contributed by atoms with Crippen molar-refractivity contribution in [2.24, 2.45) is 0 Å². The molecule has 9 nitrogen and oxygen atoms in total. The van der Waals surface area contributed by atoms with Gasteiger partial charge in [0.2, 0.25) is 15.9 Å². The molecule has 0 saturated carbocycles. The van der Waals surface area contributed by atoms with Crippen LogP contribution in [0.4, 0.5) is 10.5 Å². The van der Waals surface area contributed by atoms with Crippen LogP contribution < -0.4 is 15.4 Å². The molecule has 1 fully saturated rings. The number of carbonyl (C=O) groups excluding carboxylic acids is 2. The highest BCUT2D eigenvalue weighted by atomic mass is 35.5. The molecule has 0 unspecified atom stereocenters. The summed E-state index contributed by atoms with van der Waals surface area (Å²) in [6.07, 6.45) is 0.122. The van der Waals surface area contributed by atoms with Gasteiger partial charge in [0.1, 0.15) is 5.75 Å². The number of piperazine rings is 1. The van der Waals surface area contributed by atoms with E-state index in [2.05, 4.69) is 10.6 Å². The van der Waals surface area contributed by atoms with Gasteiger partial charge in [0.25, 0.3) is 0 Å². The van der Waals surface area contributed by atoms with Crippen LogP contribution in [-0.4, -0.2) is 69.4 Å². The van der Waals surface area contributed by atoms with Gasteiger partial charge in [0.15, 0.2) is 0 Å². The fourth-order valence-corrected chi connectivity index (χ4v) is 4.97. The van der Waals surface area contributed by atoms with E-state index >= 15 is 0 Å². The smallest absolute Gasteiger partial charge is 0.319 e. The van der Waals surface area contributed by atoms with Crippen molar-refractivity contribution in [1.82, 2.24) is 14.5 Å². The first kappa shape index (κ1) is 23.8. The van der Waals surface area contributed by atoms with E-state index in [1.165, 1.54) is 16.4 Å². The molecule has 2 N–H and O–H groups in total. The number of nitrogens with zero attached hydrogens (tertiary/aromatic N) is 2. The van der Waals surface area contributed by atoms with Crippen molar-refractivity contribution in [2.45, 2.75) is 11.3 Å². The van der Waals surface area contributed by atoms with E-state index in [0.717, 1.165) is 0 Å². The van der Waals surface area contributed by atoms with E-state index in [4.69, 9.17) is 16.3 Å². The van der Waals surface area contributed by atoms with Gasteiger partial charge in [-0.25, -0.2) is 13.2 Å². The molecule has 0 aromatic heterocycles. The lowest BCUT2D eigenvalue weighted by atomic mass is 10.3. The second-order valence-electron chi connectivity index (χ2n) is 7.10. The average molecular weight is 481 g/mol. The van der Waals surface area contributed by atoms with Crippen molar-refractivity contribution in [3.8, 4) is 5.75 Å². The molecule has 2 aromatic rings. The number of urea groups is 1. The van der Waals surface area contributed by atoms with Gasteiger partial charge >= 0.3 is 6.03 Å². The number of sulfonamides is 1. The average Bonchev–Trinajstić information content (AvgIpc) is 2.79. The number of ether oxygens (including phenoxy) is 1. The number of anilines is 1. The Labute approximate surface area is 192 Å². The summed E-state index contributed by atoms with van der Waals surface area (Å²) in [4.78, 5) is 26.2. The zero-order valence-electron chi connectivity index (χ0n) is 17.6. The molecule has 1 heterocycles. The molecule has 0 radical (unpaired) electrons. The van der Waals surface area contributed by atoms with Crippen LogP contribution >= 0.6 is 11.6 Å². The lowest BCUT2D eigenvalue weighted by Gasteiger charge is -2.34. The predicted molar refractivity (Wildman–Crippen MR) is 121 cm³/mol. The third-order valence-corrected chi connectivity index (χ3v) is 7.13. The Hall–Kier alpha value is -2.82. The molecule has 0 bridgehead atoms. The number of carbonyl (C=O) groups is 2. The van der Waals surface area contributed by atoms with E-state index in [-0.39, 0.29) is 49.9 Å². The summed E-state index contributed by atoms with van der Waals surface area (Å²) in [6, 6.07) is 12.6. The third kappa shape index (κ3) is 6.12. The quantitative estimate of drug-likeness (QED) is 0.632. The summed E-state index contributed by atoms with van der Waals surface area (Å²) in [5, 5.41) is 5.67. The molecule has 32 heavy (non-hydrogen) atoms. The zero-order chi connectivity index (χ0) is 23.1. The minimum absolute atomic E-state index is 0.122. The van der Waals surface area contributed by atoms with Crippen LogP contribution in [0.2, 0.25) is 5.02 Å². The molecule has 0 atom stereocenters. The van der Waals surface area contributed by atoms with Gasteiger partial charge in [-0.2, -0.15) is 4.31 Å². The van der Waals surface area contributed by atoms with E-state index < -0.39 is 16.1 Å². The molecule has 3 amide bonds. The molecule has 3 rings (SSSR count). The minimum atomic E-state index is -3.66. The van der Waals surface area contributed by atoms with Gasteiger partial charge in [-0.05, 0) is 42.5 Å². The molecule has 11 heteroatoms. The molecule has 2 aromatic carbocycles. The second-order valence-corrected chi connectivity index (χ2v) is 9.48. The maximum Gasteiger partial charge on any atom is 0.319 e. The van der Waals surface area contributed by atoms with Crippen LogP contribution in [0, 0.1) is 0 Å². The van der Waals surface area contributed by atoms with Crippen molar-refractivity contribution in [3.63, 3.8) is 0 Å². The second kappa shape index (κ2) is 10.7. The number of nitrogens with one attached hydrogen (secondary N) is 2. The van der Waals surface area contributed by atoms with Crippen LogP contribution in [0.15, 0.2) is 53.4 Å². The fourth-order valence-electron chi connectivity index (χ4n) is 3.25. The van der Waals surface area contributed by atoms with E-state index in [1.54, 1.807) is 48.4 Å². The molecule has 1 aliphatic heterocycles. The van der Waals surface area contributed by atoms with Crippen molar-refractivity contribution in [3.05, 3.63) is 53.6 Å². The third-order valence-electron chi connectivity index (χ3n) is 5.00. The Bertz CT molecular complexity index is 1050. The van der Waals surface area contributed by atoms with Gasteiger partial charge in [0, 0.05) is 49.9 Å². The highest BCUT2D eigenvalue weighted by Crippen LogP contribution is 2.21. The molecule has 1 aliphatic rings. The Morgan fingerprint density at radius 2 is 1.75 bits per heavy atom. The SMILES string of the molecule is COc1ccc(NC(=O)NCCC(=O)N2CCN(S(=O)(=O)c3cccc(Cl)c3)CC2)cc1. The van der Waals surface area contributed by atoms with Crippen LogP contribution in [0.25, 0.3) is 0 Å². The summed E-state index contributed by atoms with van der Waals surface area (Å²) < 4.78 is 31.9. The van der Waals surface area contributed by atoms with Crippen molar-refractivity contribution in [2.75, 3.05) is 45.2 Å². The van der Waals surface area contributed by atoms with Crippen molar-refractivity contribution >= 4 is 39.2 Å². The monoisotopic (exact) mass is 480 g/mol. The van der Waals surface area contributed by atoms with Gasteiger partial charge < -0.3 is 20.3 Å². The Kier molecular flexibility index (Phi) is 7.94. The molecule has 0 aliphatic carbocycles. The zero-order valence-corrected chi connectivity index (χ0v) is 19.2. The first-order valence-electron chi connectivity index (χ1n) is 10.0. The predicted octanol–water partition coefficient (Wildman–Crippen LogP) is 2.39. The summed E-state index contributed by atoms with van der Waals surface area (Å²) in [6.45, 7) is 1.15. The summed E-state index contributed by atoms with van der Waals surface area (Å²) in [5.74, 6) is 0.538. The van der Waals surface area contributed by atoms with Gasteiger partial charge in [-0.3, -0.25) is 4.79 Å². The highest BCUT2D eigenvalue weighted by molar-refractivity contribution is 7.89. The molecule has 1 saturated heterocycles. The van der Waals surface area contributed by atoms with Crippen LogP contribution in [0.5, 0.6) is 5.75 Å². The number of hydrogen-bond acceptors (Lipinski definition) is 5.